The highest BCUT2D eigenvalue weighted by Crippen LogP contribution is 2.35. The lowest BCUT2D eigenvalue weighted by Gasteiger charge is -2.24. The van der Waals surface area contributed by atoms with Crippen LogP contribution in [-0.4, -0.2) is 11.7 Å². The summed E-state index contributed by atoms with van der Waals surface area (Å²) in [7, 11) is 0. The molecule has 25 heavy (non-hydrogen) atoms. The van der Waals surface area contributed by atoms with Crippen molar-refractivity contribution in [1.82, 2.24) is 0 Å². The smallest absolute Gasteiger partial charge is 0.130 e. The summed E-state index contributed by atoms with van der Waals surface area (Å²) < 4.78 is 0. The number of hydrogen-bond donors (Lipinski definition) is 1. The van der Waals surface area contributed by atoms with Gasteiger partial charge in [-0.1, -0.05) is 53.0 Å². The summed E-state index contributed by atoms with van der Waals surface area (Å²) in [5.41, 5.74) is 7.72. The Morgan fingerprint density at radius 2 is 1.72 bits per heavy atom. The van der Waals surface area contributed by atoms with Gasteiger partial charge in [0.1, 0.15) is 23.6 Å². The van der Waals surface area contributed by atoms with Crippen LogP contribution in [0.3, 0.4) is 0 Å². The molecular formula is C18H13Cl3N4. The lowest BCUT2D eigenvalue weighted by molar-refractivity contribution is 0.643. The highest BCUT2D eigenvalue weighted by molar-refractivity contribution is 6.35. The third kappa shape index (κ3) is 3.96. The summed E-state index contributed by atoms with van der Waals surface area (Å²) in [6, 6.07) is 14.2. The van der Waals surface area contributed by atoms with Crippen molar-refractivity contribution in [2.75, 3.05) is 0 Å². The zero-order chi connectivity index (χ0) is 18.0. The van der Waals surface area contributed by atoms with Crippen LogP contribution >= 0.6 is 34.8 Å². The number of hydrogen-bond acceptors (Lipinski definition) is 4. The van der Waals surface area contributed by atoms with Crippen LogP contribution in [0.15, 0.2) is 52.4 Å². The Morgan fingerprint density at radius 3 is 2.36 bits per heavy atom. The Hall–Kier alpha value is -2.06. The average Bonchev–Trinajstić information content (AvgIpc) is 2.56. The standard InChI is InChI=1S/C18H13Cl3N4/c19-11-3-1-10(2-4-11)7-16-24-17(14(9-22)18(23)25-16)13-6-5-12(20)8-15(13)21/h1-6,8,14,17H,7H2,(H2,23,24,25). The molecule has 0 aromatic heterocycles. The first-order valence-electron chi connectivity index (χ1n) is 7.47. The van der Waals surface area contributed by atoms with E-state index in [0.29, 0.717) is 32.9 Å². The van der Waals surface area contributed by atoms with Crippen LogP contribution in [0.25, 0.3) is 0 Å². The number of rotatable bonds is 3. The Bertz CT molecular complexity index is 898. The lowest BCUT2D eigenvalue weighted by Crippen LogP contribution is -2.32. The molecule has 0 spiro atoms. The van der Waals surface area contributed by atoms with Gasteiger partial charge in [0.05, 0.1) is 6.07 Å². The molecule has 2 unspecified atom stereocenters. The molecule has 0 saturated heterocycles. The van der Waals surface area contributed by atoms with Crippen molar-refractivity contribution in [3.8, 4) is 6.07 Å². The van der Waals surface area contributed by atoms with Crippen LogP contribution in [0.1, 0.15) is 17.2 Å². The van der Waals surface area contributed by atoms with Gasteiger partial charge in [-0.2, -0.15) is 5.26 Å². The fraction of sp³-hybridized carbons (Fsp3) is 0.167. The topological polar surface area (TPSA) is 74.5 Å². The van der Waals surface area contributed by atoms with E-state index >= 15 is 0 Å². The summed E-state index contributed by atoms with van der Waals surface area (Å²) in [4.78, 5) is 8.92. The molecule has 0 aliphatic carbocycles. The van der Waals surface area contributed by atoms with Crippen molar-refractivity contribution in [1.29, 1.82) is 5.26 Å². The fourth-order valence-corrected chi connectivity index (χ4v) is 3.29. The molecule has 0 bridgehead atoms. The zero-order valence-electron chi connectivity index (χ0n) is 13.0. The van der Waals surface area contributed by atoms with E-state index in [2.05, 4.69) is 16.1 Å². The SMILES string of the molecule is N#CC1C(N)=NC(Cc2ccc(Cl)cc2)=NC1c1ccc(Cl)cc1Cl. The highest BCUT2D eigenvalue weighted by atomic mass is 35.5. The number of halogens is 3. The summed E-state index contributed by atoms with van der Waals surface area (Å²) in [5.74, 6) is 0.104. The quantitative estimate of drug-likeness (QED) is 0.813. The lowest BCUT2D eigenvalue weighted by atomic mass is 9.92. The molecule has 126 valence electrons. The van der Waals surface area contributed by atoms with Crippen LogP contribution in [0.2, 0.25) is 15.1 Å². The molecule has 1 aliphatic heterocycles. The Morgan fingerprint density at radius 1 is 1.04 bits per heavy atom. The van der Waals surface area contributed by atoms with E-state index in [1.54, 1.807) is 30.3 Å². The van der Waals surface area contributed by atoms with Gasteiger partial charge in [-0.3, -0.25) is 4.99 Å². The second-order valence-electron chi connectivity index (χ2n) is 5.60. The van der Waals surface area contributed by atoms with Crippen molar-refractivity contribution >= 4 is 46.5 Å². The third-order valence-corrected chi connectivity index (χ3v) is 4.69. The predicted octanol–water partition coefficient (Wildman–Crippen LogP) is 4.84. The maximum atomic E-state index is 9.48. The zero-order valence-corrected chi connectivity index (χ0v) is 15.2. The largest absolute Gasteiger partial charge is 0.386 e. The molecule has 1 heterocycles. The van der Waals surface area contributed by atoms with Crippen LogP contribution in [-0.2, 0) is 6.42 Å². The molecule has 0 amide bonds. The third-order valence-electron chi connectivity index (χ3n) is 3.88. The van der Waals surface area contributed by atoms with E-state index in [0.717, 1.165) is 5.56 Å². The summed E-state index contributed by atoms with van der Waals surface area (Å²) in [6.07, 6.45) is 0.484. The van der Waals surface area contributed by atoms with Gasteiger partial charge in [0.25, 0.3) is 0 Å². The van der Waals surface area contributed by atoms with E-state index in [-0.39, 0.29) is 5.84 Å². The van der Waals surface area contributed by atoms with Crippen molar-refractivity contribution in [3.05, 3.63) is 68.7 Å². The van der Waals surface area contributed by atoms with E-state index in [1.807, 2.05) is 12.1 Å². The van der Waals surface area contributed by atoms with Crippen molar-refractivity contribution < 1.29 is 0 Å². The van der Waals surface area contributed by atoms with Crippen LogP contribution in [0.4, 0.5) is 0 Å². The van der Waals surface area contributed by atoms with Crippen LogP contribution < -0.4 is 5.73 Å². The molecule has 1 aliphatic rings. The van der Waals surface area contributed by atoms with Gasteiger partial charge in [-0.05, 0) is 35.4 Å². The average molecular weight is 392 g/mol. The van der Waals surface area contributed by atoms with Gasteiger partial charge in [0.15, 0.2) is 0 Å². The molecule has 0 fully saturated rings. The van der Waals surface area contributed by atoms with Crippen molar-refractivity contribution in [2.45, 2.75) is 12.5 Å². The van der Waals surface area contributed by atoms with Gasteiger partial charge in [0.2, 0.25) is 0 Å². The first-order chi connectivity index (χ1) is 12.0. The van der Waals surface area contributed by atoms with Crippen molar-refractivity contribution in [3.63, 3.8) is 0 Å². The Balaban J connectivity index is 1.97. The van der Waals surface area contributed by atoms with Crippen LogP contribution in [0, 0.1) is 17.2 Å². The first-order valence-corrected chi connectivity index (χ1v) is 8.61. The molecule has 3 rings (SSSR count). The molecule has 2 aromatic rings. The number of benzene rings is 2. The fourth-order valence-electron chi connectivity index (χ4n) is 2.64. The first kappa shape index (κ1) is 17.8. The van der Waals surface area contributed by atoms with Gasteiger partial charge in [-0.15, -0.1) is 0 Å². The molecule has 0 radical (unpaired) electrons. The molecule has 2 atom stereocenters. The van der Waals surface area contributed by atoms with E-state index < -0.39 is 12.0 Å². The number of nitrogens with zero attached hydrogens (tertiary/aromatic N) is 3. The summed E-state index contributed by atoms with van der Waals surface area (Å²) in [6.45, 7) is 0. The molecule has 2 aromatic carbocycles. The second-order valence-corrected chi connectivity index (χ2v) is 6.88. The predicted molar refractivity (Wildman–Crippen MR) is 103 cm³/mol. The minimum Gasteiger partial charge on any atom is -0.386 e. The monoisotopic (exact) mass is 390 g/mol. The highest BCUT2D eigenvalue weighted by Gasteiger charge is 2.31. The van der Waals surface area contributed by atoms with Crippen LogP contribution in [0.5, 0.6) is 0 Å². The number of nitrogens with two attached hydrogens (primary N) is 1. The molecule has 0 saturated carbocycles. The Labute approximate surface area is 160 Å². The maximum Gasteiger partial charge on any atom is 0.130 e. The molecule has 4 nitrogen and oxygen atoms in total. The molecule has 2 N–H and O–H groups in total. The van der Waals surface area contributed by atoms with Gasteiger partial charge in [0, 0.05) is 21.5 Å². The summed E-state index contributed by atoms with van der Waals surface area (Å²) >= 11 is 18.2. The number of nitriles is 1. The van der Waals surface area contributed by atoms with Crippen molar-refractivity contribution in [2.24, 2.45) is 21.6 Å². The molecular weight excluding hydrogens is 379 g/mol. The minimum absolute atomic E-state index is 0.234. The normalized spacial score (nSPS) is 19.8. The van der Waals surface area contributed by atoms with E-state index in [1.165, 1.54) is 0 Å². The van der Waals surface area contributed by atoms with Gasteiger partial charge in [-0.25, -0.2) is 4.99 Å². The van der Waals surface area contributed by atoms with Gasteiger partial charge < -0.3 is 5.73 Å². The van der Waals surface area contributed by atoms with Gasteiger partial charge >= 0.3 is 0 Å². The molecule has 7 heteroatoms. The number of aliphatic imine (C=N–C) groups is 2. The minimum atomic E-state index is -0.673. The number of amidine groups is 2. The maximum absolute atomic E-state index is 9.48. The second kappa shape index (κ2) is 7.45. The Kier molecular flexibility index (Phi) is 5.29. The van der Waals surface area contributed by atoms with E-state index in [9.17, 15) is 5.26 Å². The summed E-state index contributed by atoms with van der Waals surface area (Å²) in [5, 5.41) is 11.1. The van der Waals surface area contributed by atoms with E-state index in [4.69, 9.17) is 40.5 Å².